The molecule has 0 bridgehead atoms. The molecule has 28 heavy (non-hydrogen) atoms. The van der Waals surface area contributed by atoms with Crippen molar-refractivity contribution in [1.29, 1.82) is 0 Å². The molecule has 0 aromatic heterocycles. The van der Waals surface area contributed by atoms with Crippen molar-refractivity contribution in [3.8, 4) is 0 Å². The number of rotatable bonds is 6. The van der Waals surface area contributed by atoms with E-state index >= 15 is 0 Å². The Balaban J connectivity index is 2.26. The minimum atomic E-state index is -1.70. The van der Waals surface area contributed by atoms with Crippen LogP contribution >= 0.6 is 0 Å². The third-order valence-electron chi connectivity index (χ3n) is 4.87. The van der Waals surface area contributed by atoms with Crippen LogP contribution in [0.3, 0.4) is 0 Å². The van der Waals surface area contributed by atoms with Gasteiger partial charge in [0.15, 0.2) is 12.4 Å². The number of ether oxygens (including phenoxy) is 4. The van der Waals surface area contributed by atoms with Gasteiger partial charge in [-0.2, -0.15) is 0 Å². The summed E-state index contributed by atoms with van der Waals surface area (Å²) in [6.45, 7) is 2.28. The van der Waals surface area contributed by atoms with E-state index in [4.69, 9.17) is 18.9 Å². The minimum absolute atomic E-state index is 0.447. The first-order valence-corrected chi connectivity index (χ1v) is 8.76. The van der Waals surface area contributed by atoms with Crippen LogP contribution in [0.15, 0.2) is 0 Å². The molecule has 10 atom stereocenters. The van der Waals surface area contributed by atoms with Crippen LogP contribution in [0.4, 0.5) is 0 Å². The average molecular weight is 409 g/mol. The highest BCUT2D eigenvalue weighted by Crippen LogP contribution is 2.30. The summed E-state index contributed by atoms with van der Waals surface area (Å²) in [6, 6.07) is -0.897. The lowest BCUT2D eigenvalue weighted by molar-refractivity contribution is -0.327. The lowest BCUT2D eigenvalue weighted by Crippen LogP contribution is -2.67. The Bertz CT molecular complexity index is 561. The van der Waals surface area contributed by atoms with Gasteiger partial charge < -0.3 is 49.8 Å². The van der Waals surface area contributed by atoms with E-state index in [1.165, 1.54) is 6.92 Å². The summed E-state index contributed by atoms with van der Waals surface area (Å²) in [5.41, 5.74) is 0. The first kappa shape index (κ1) is 22.9. The highest BCUT2D eigenvalue weighted by atomic mass is 16.7. The number of amides is 1. The van der Waals surface area contributed by atoms with Gasteiger partial charge in [-0.15, -0.1) is 0 Å². The van der Waals surface area contributed by atoms with E-state index in [1.807, 2.05) is 0 Å². The molecule has 0 spiro atoms. The Morgan fingerprint density at radius 3 is 2.21 bits per heavy atom. The number of methoxy groups -OCH3 is 1. The van der Waals surface area contributed by atoms with Crippen molar-refractivity contribution in [2.24, 2.45) is 0 Å². The van der Waals surface area contributed by atoms with Crippen LogP contribution in [-0.2, 0) is 28.5 Å². The third-order valence-corrected chi connectivity index (χ3v) is 4.87. The van der Waals surface area contributed by atoms with E-state index in [1.54, 1.807) is 6.92 Å². The number of nitrogens with one attached hydrogen (secondary N) is 1. The molecule has 2 aliphatic heterocycles. The van der Waals surface area contributed by atoms with Crippen molar-refractivity contribution < 1.29 is 54.1 Å². The quantitative estimate of drug-likeness (QED) is 0.256. The van der Waals surface area contributed by atoms with Crippen LogP contribution in [0.25, 0.3) is 0 Å². The summed E-state index contributed by atoms with van der Waals surface area (Å²) in [7, 11) is 1.16. The van der Waals surface area contributed by atoms with Gasteiger partial charge in [-0.05, 0) is 6.92 Å². The molecule has 2 heterocycles. The molecule has 0 aromatic carbocycles. The molecule has 1 amide bonds. The zero-order valence-electron chi connectivity index (χ0n) is 15.7. The van der Waals surface area contributed by atoms with Crippen molar-refractivity contribution in [2.75, 3.05) is 13.7 Å². The molecule has 6 N–H and O–H groups in total. The van der Waals surface area contributed by atoms with Gasteiger partial charge in [-0.1, -0.05) is 0 Å². The largest absolute Gasteiger partial charge is 0.479 e. The molecule has 12 heteroatoms. The maximum atomic E-state index is 11.5. The van der Waals surface area contributed by atoms with E-state index < -0.39 is 79.6 Å². The molecule has 2 saturated heterocycles. The monoisotopic (exact) mass is 409 g/mol. The highest BCUT2D eigenvalue weighted by molar-refractivity contribution is 5.73. The summed E-state index contributed by atoms with van der Waals surface area (Å²) < 4.78 is 21.2. The van der Waals surface area contributed by atoms with Gasteiger partial charge in [-0.25, -0.2) is 4.79 Å². The zero-order chi connectivity index (χ0) is 21.2. The maximum absolute atomic E-state index is 11.5. The Hall–Kier alpha value is -1.38. The highest BCUT2D eigenvalue weighted by Gasteiger charge is 2.52. The molecule has 2 aliphatic rings. The first-order chi connectivity index (χ1) is 13.1. The molecular formula is C16H27NO11. The number of carbonyl (C=O) groups excluding carboxylic acids is 1. The molecule has 10 unspecified atom stereocenters. The number of carboxylic acid groups (broad SMARTS) is 1. The number of carbonyl (C=O) groups is 2. The van der Waals surface area contributed by atoms with E-state index in [-0.39, 0.29) is 0 Å². The molecule has 162 valence electrons. The summed E-state index contributed by atoms with van der Waals surface area (Å²) >= 11 is 0. The average Bonchev–Trinajstić information content (AvgIpc) is 2.63. The van der Waals surface area contributed by atoms with Gasteiger partial charge in [-0.3, -0.25) is 4.79 Å². The van der Waals surface area contributed by atoms with Crippen LogP contribution in [0.2, 0.25) is 0 Å². The number of hydrogen-bond donors (Lipinski definition) is 6. The SMILES string of the molecule is COC1C(C(=O)O)OC(OC2C(O)C(CO)OC(C)C2NC(C)=O)C(O)C1O. The predicted molar refractivity (Wildman–Crippen MR) is 89.0 cm³/mol. The Morgan fingerprint density at radius 2 is 1.71 bits per heavy atom. The van der Waals surface area contributed by atoms with Crippen LogP contribution < -0.4 is 5.32 Å². The van der Waals surface area contributed by atoms with Gasteiger partial charge in [0.2, 0.25) is 5.91 Å². The smallest absolute Gasteiger partial charge is 0.335 e. The minimum Gasteiger partial charge on any atom is -0.479 e. The summed E-state index contributed by atoms with van der Waals surface area (Å²) in [5, 5.41) is 52.2. The lowest BCUT2D eigenvalue weighted by Gasteiger charge is -2.47. The summed E-state index contributed by atoms with van der Waals surface area (Å²) in [4.78, 5) is 23.0. The summed E-state index contributed by atoms with van der Waals surface area (Å²) in [5.74, 6) is -1.89. The number of hydrogen-bond acceptors (Lipinski definition) is 10. The Labute approximate surface area is 160 Å². The van der Waals surface area contributed by atoms with Crippen LogP contribution in [0, 0.1) is 0 Å². The Kier molecular flexibility index (Phi) is 7.70. The topological polar surface area (TPSA) is 184 Å². The third kappa shape index (κ3) is 4.60. The molecule has 12 nitrogen and oxygen atoms in total. The number of aliphatic hydroxyl groups excluding tert-OH is 4. The number of aliphatic hydroxyl groups is 4. The number of aliphatic carboxylic acids is 1. The second kappa shape index (κ2) is 9.41. The van der Waals surface area contributed by atoms with Crippen LogP contribution in [-0.4, -0.2) is 112 Å². The van der Waals surface area contributed by atoms with Gasteiger partial charge >= 0.3 is 5.97 Å². The zero-order valence-corrected chi connectivity index (χ0v) is 15.7. The van der Waals surface area contributed by atoms with Gasteiger partial charge in [0, 0.05) is 14.0 Å². The number of carboxylic acids is 1. The second-order valence-corrected chi connectivity index (χ2v) is 6.82. The van der Waals surface area contributed by atoms with Gasteiger partial charge in [0.05, 0.1) is 18.8 Å². The first-order valence-electron chi connectivity index (χ1n) is 8.76. The van der Waals surface area contributed by atoms with Gasteiger partial charge in [0.25, 0.3) is 0 Å². The van der Waals surface area contributed by atoms with E-state index in [2.05, 4.69) is 5.32 Å². The van der Waals surface area contributed by atoms with Crippen LogP contribution in [0.1, 0.15) is 13.8 Å². The van der Waals surface area contributed by atoms with Crippen molar-refractivity contribution >= 4 is 11.9 Å². The second-order valence-electron chi connectivity index (χ2n) is 6.82. The van der Waals surface area contributed by atoms with E-state index in [9.17, 15) is 35.1 Å². The van der Waals surface area contributed by atoms with E-state index in [0.717, 1.165) is 7.11 Å². The molecule has 2 rings (SSSR count). The predicted octanol–water partition coefficient (Wildman–Crippen LogP) is -3.44. The van der Waals surface area contributed by atoms with Crippen molar-refractivity contribution in [3.05, 3.63) is 0 Å². The summed E-state index contributed by atoms with van der Waals surface area (Å²) in [6.07, 6.45) is -12.4. The maximum Gasteiger partial charge on any atom is 0.335 e. The van der Waals surface area contributed by atoms with Crippen molar-refractivity contribution in [3.63, 3.8) is 0 Å². The Morgan fingerprint density at radius 1 is 1.07 bits per heavy atom. The normalized spacial score (nSPS) is 44.1. The molecule has 0 saturated carbocycles. The van der Waals surface area contributed by atoms with Crippen LogP contribution in [0.5, 0.6) is 0 Å². The molecule has 2 fully saturated rings. The van der Waals surface area contributed by atoms with E-state index in [0.29, 0.717) is 0 Å². The fourth-order valence-electron chi connectivity index (χ4n) is 3.45. The molecule has 0 aromatic rings. The van der Waals surface area contributed by atoms with Crippen molar-refractivity contribution in [1.82, 2.24) is 5.32 Å². The standard InChI is InChI=1S/C16H27NO11/c1-5-8(17-6(2)19)12(9(20)7(4-18)26-5)27-16-11(22)10(21)13(25-3)14(28-16)15(23)24/h5,7-14,16,18,20-22H,4H2,1-3H3,(H,17,19)(H,23,24). The van der Waals surface area contributed by atoms with Crippen molar-refractivity contribution in [2.45, 2.75) is 75.0 Å². The molecule has 0 aliphatic carbocycles. The molecule has 0 radical (unpaired) electrons. The fourth-order valence-corrected chi connectivity index (χ4v) is 3.45. The lowest BCUT2D eigenvalue weighted by atomic mass is 9.92. The fraction of sp³-hybridized carbons (Fsp3) is 0.875. The van der Waals surface area contributed by atoms with Gasteiger partial charge in [0.1, 0.15) is 36.6 Å². The molecular weight excluding hydrogens is 382 g/mol.